The molecule has 1 aromatic carbocycles. The highest BCUT2D eigenvalue weighted by atomic mass is 16.6. The second-order valence-electron chi connectivity index (χ2n) is 4.36. The fourth-order valence-electron chi connectivity index (χ4n) is 2.11. The normalized spacial score (nSPS) is 18.1. The quantitative estimate of drug-likeness (QED) is 0.651. The summed E-state index contributed by atoms with van der Waals surface area (Å²) in [6.07, 6.45) is -0.0878. The van der Waals surface area contributed by atoms with E-state index in [2.05, 4.69) is 0 Å². The van der Waals surface area contributed by atoms with Crippen LogP contribution >= 0.6 is 0 Å². The van der Waals surface area contributed by atoms with Crippen LogP contribution in [0.4, 0.5) is 11.4 Å². The van der Waals surface area contributed by atoms with Crippen molar-refractivity contribution in [1.29, 1.82) is 0 Å². The largest absolute Gasteiger partial charge is 0.494 e. The topological polar surface area (TPSA) is 110 Å². The Labute approximate surface area is 113 Å². The number of carbonyl (C=O) groups is 2. The summed E-state index contributed by atoms with van der Waals surface area (Å²) in [4.78, 5) is 34.2. The Morgan fingerprint density at radius 3 is 2.75 bits per heavy atom. The van der Waals surface area contributed by atoms with Crippen LogP contribution < -0.4 is 9.64 Å². The molecule has 1 N–H and O–H groups in total. The van der Waals surface area contributed by atoms with Gasteiger partial charge in [-0.1, -0.05) is 0 Å². The molecule has 0 bridgehead atoms. The van der Waals surface area contributed by atoms with Crippen LogP contribution in [-0.2, 0) is 9.59 Å². The average Bonchev–Trinajstić information content (AvgIpc) is 2.80. The number of methoxy groups -OCH3 is 1. The molecule has 8 nitrogen and oxygen atoms in total. The van der Waals surface area contributed by atoms with Crippen molar-refractivity contribution in [3.05, 3.63) is 28.3 Å². The molecule has 1 atom stereocenters. The van der Waals surface area contributed by atoms with Crippen LogP contribution in [0.5, 0.6) is 5.75 Å². The Kier molecular flexibility index (Phi) is 3.55. The van der Waals surface area contributed by atoms with Gasteiger partial charge in [0.05, 0.1) is 29.7 Å². The van der Waals surface area contributed by atoms with Crippen molar-refractivity contribution in [2.45, 2.75) is 6.42 Å². The number of hydrogen-bond acceptors (Lipinski definition) is 5. The molecule has 1 aliphatic heterocycles. The molecule has 0 saturated carbocycles. The van der Waals surface area contributed by atoms with E-state index in [1.165, 1.54) is 30.2 Å². The van der Waals surface area contributed by atoms with Crippen LogP contribution in [0, 0.1) is 16.0 Å². The van der Waals surface area contributed by atoms with Crippen molar-refractivity contribution >= 4 is 23.3 Å². The van der Waals surface area contributed by atoms with E-state index in [-0.39, 0.29) is 30.3 Å². The zero-order valence-electron chi connectivity index (χ0n) is 10.6. The van der Waals surface area contributed by atoms with E-state index in [9.17, 15) is 19.7 Å². The first-order chi connectivity index (χ1) is 9.43. The predicted octanol–water partition coefficient (Wildman–Crippen LogP) is 1.04. The summed E-state index contributed by atoms with van der Waals surface area (Å²) < 4.78 is 5.05. The lowest BCUT2D eigenvalue weighted by Crippen LogP contribution is -2.26. The average molecular weight is 280 g/mol. The minimum absolute atomic E-state index is 0.0301. The van der Waals surface area contributed by atoms with Crippen LogP contribution in [0.3, 0.4) is 0 Å². The van der Waals surface area contributed by atoms with E-state index in [0.29, 0.717) is 5.69 Å². The third-order valence-electron chi connectivity index (χ3n) is 3.14. The Hall–Kier alpha value is -2.64. The van der Waals surface area contributed by atoms with Gasteiger partial charge in [0.15, 0.2) is 0 Å². The molecule has 8 heteroatoms. The van der Waals surface area contributed by atoms with Crippen molar-refractivity contribution in [2.75, 3.05) is 18.6 Å². The number of aliphatic carboxylic acids is 1. The predicted molar refractivity (Wildman–Crippen MR) is 67.7 cm³/mol. The van der Waals surface area contributed by atoms with Crippen molar-refractivity contribution in [1.82, 2.24) is 0 Å². The first-order valence-electron chi connectivity index (χ1n) is 5.79. The lowest BCUT2D eigenvalue weighted by atomic mass is 10.1. The summed E-state index contributed by atoms with van der Waals surface area (Å²) in [5.74, 6) is -1.99. The Morgan fingerprint density at radius 2 is 2.25 bits per heavy atom. The maximum atomic E-state index is 11.8. The molecule has 1 amide bonds. The molecule has 0 spiro atoms. The number of anilines is 1. The maximum Gasteiger partial charge on any atom is 0.308 e. The van der Waals surface area contributed by atoms with E-state index < -0.39 is 16.8 Å². The zero-order valence-corrected chi connectivity index (χ0v) is 10.6. The van der Waals surface area contributed by atoms with E-state index in [1.807, 2.05) is 0 Å². The van der Waals surface area contributed by atoms with Crippen LogP contribution in [-0.4, -0.2) is 35.6 Å². The number of non-ortho nitro benzene ring substituents is 1. The zero-order chi connectivity index (χ0) is 14.9. The third kappa shape index (κ3) is 2.40. The Bertz CT molecular complexity index is 585. The molecule has 1 fully saturated rings. The minimum atomic E-state index is -1.04. The molecule has 1 aromatic rings. The van der Waals surface area contributed by atoms with E-state index >= 15 is 0 Å². The number of carboxylic acids is 1. The first kappa shape index (κ1) is 13.8. The molecule has 20 heavy (non-hydrogen) atoms. The van der Waals surface area contributed by atoms with Gasteiger partial charge in [-0.3, -0.25) is 19.7 Å². The van der Waals surface area contributed by atoms with Crippen molar-refractivity contribution in [3.63, 3.8) is 0 Å². The van der Waals surface area contributed by atoms with Crippen LogP contribution in [0.1, 0.15) is 6.42 Å². The molecule has 0 aromatic heterocycles. The second-order valence-corrected chi connectivity index (χ2v) is 4.36. The van der Waals surface area contributed by atoms with Gasteiger partial charge in [0, 0.05) is 19.0 Å². The number of ether oxygens (including phenoxy) is 1. The van der Waals surface area contributed by atoms with Crippen LogP contribution in [0.2, 0.25) is 0 Å². The van der Waals surface area contributed by atoms with Gasteiger partial charge in [0.2, 0.25) is 5.91 Å². The number of nitro groups is 1. The van der Waals surface area contributed by atoms with E-state index in [1.54, 1.807) is 0 Å². The monoisotopic (exact) mass is 280 g/mol. The molecular weight excluding hydrogens is 268 g/mol. The molecule has 1 aliphatic rings. The van der Waals surface area contributed by atoms with Gasteiger partial charge in [-0.05, 0) is 6.07 Å². The molecule has 0 radical (unpaired) electrons. The highest BCUT2D eigenvalue weighted by Gasteiger charge is 2.36. The highest BCUT2D eigenvalue weighted by molar-refractivity contribution is 6.00. The molecule has 2 rings (SSSR count). The minimum Gasteiger partial charge on any atom is -0.494 e. The van der Waals surface area contributed by atoms with E-state index in [4.69, 9.17) is 9.84 Å². The molecule has 1 saturated heterocycles. The number of nitro benzene ring substituents is 1. The smallest absolute Gasteiger partial charge is 0.308 e. The fourth-order valence-corrected chi connectivity index (χ4v) is 2.11. The number of hydrogen-bond donors (Lipinski definition) is 1. The first-order valence-corrected chi connectivity index (χ1v) is 5.79. The number of nitrogens with zero attached hydrogens (tertiary/aromatic N) is 2. The van der Waals surface area contributed by atoms with Crippen molar-refractivity contribution < 1.29 is 24.4 Å². The molecule has 0 unspecified atom stereocenters. The van der Waals surface area contributed by atoms with Gasteiger partial charge >= 0.3 is 5.97 Å². The highest BCUT2D eigenvalue weighted by Crippen LogP contribution is 2.35. The lowest BCUT2D eigenvalue weighted by molar-refractivity contribution is -0.384. The number of carbonyl (C=O) groups excluding carboxylic acids is 1. The summed E-state index contributed by atoms with van der Waals surface area (Å²) in [5, 5.41) is 19.6. The third-order valence-corrected chi connectivity index (χ3v) is 3.14. The molecular formula is C12H12N2O6. The molecule has 1 heterocycles. The van der Waals surface area contributed by atoms with Gasteiger partial charge in [0.25, 0.3) is 5.69 Å². The number of benzene rings is 1. The van der Waals surface area contributed by atoms with Gasteiger partial charge in [-0.2, -0.15) is 0 Å². The summed E-state index contributed by atoms with van der Waals surface area (Å²) in [7, 11) is 1.33. The second kappa shape index (κ2) is 5.16. The number of amides is 1. The van der Waals surface area contributed by atoms with Gasteiger partial charge in [0.1, 0.15) is 5.75 Å². The standard InChI is InChI=1S/C12H12N2O6/c1-20-10-5-8(14(18)19)2-3-9(10)13-6-7(12(16)17)4-11(13)15/h2-3,5,7H,4,6H2,1H3,(H,16,17)/t7-/m1/s1. The lowest BCUT2D eigenvalue weighted by Gasteiger charge is -2.18. The van der Waals surface area contributed by atoms with Crippen molar-refractivity contribution in [2.24, 2.45) is 5.92 Å². The summed E-state index contributed by atoms with van der Waals surface area (Å²) in [5.41, 5.74) is 0.180. The van der Waals surface area contributed by atoms with Gasteiger partial charge < -0.3 is 14.7 Å². The van der Waals surface area contributed by atoms with Crippen molar-refractivity contribution in [3.8, 4) is 5.75 Å². The van der Waals surface area contributed by atoms with E-state index in [0.717, 1.165) is 0 Å². The summed E-state index contributed by atoms with van der Waals surface area (Å²) in [6, 6.07) is 3.84. The van der Waals surface area contributed by atoms with Crippen LogP contribution in [0.15, 0.2) is 18.2 Å². The number of rotatable bonds is 4. The SMILES string of the molecule is COc1cc([N+](=O)[O-])ccc1N1C[C@H](C(=O)O)CC1=O. The molecule has 0 aliphatic carbocycles. The van der Waals surface area contributed by atoms with Crippen LogP contribution in [0.25, 0.3) is 0 Å². The Morgan fingerprint density at radius 1 is 1.55 bits per heavy atom. The van der Waals surface area contributed by atoms with Gasteiger partial charge in [-0.15, -0.1) is 0 Å². The molecule has 106 valence electrons. The summed E-state index contributed by atoms with van der Waals surface area (Å²) >= 11 is 0. The van der Waals surface area contributed by atoms with Gasteiger partial charge in [-0.25, -0.2) is 0 Å². The summed E-state index contributed by atoms with van der Waals surface area (Å²) in [6.45, 7) is 0.0301. The number of carboxylic acid groups (broad SMARTS) is 1. The Balaban J connectivity index is 2.35. The maximum absolute atomic E-state index is 11.8. The fraction of sp³-hybridized carbons (Fsp3) is 0.333.